The Morgan fingerprint density at radius 1 is 1.00 bits per heavy atom. The molecular formula is C23H25N7. The average molecular weight is 400 g/mol. The SMILES string of the molecule is CCC=Cc1nc(CCC)nn1Cc1ccc(-c2cccc(-c3nnn[nH]3)c2)cc1. The summed E-state index contributed by atoms with van der Waals surface area (Å²) in [6.45, 7) is 4.97. The van der Waals surface area contributed by atoms with Crippen LogP contribution < -0.4 is 0 Å². The van der Waals surface area contributed by atoms with Gasteiger partial charge in [-0.25, -0.2) is 14.8 Å². The topological polar surface area (TPSA) is 85.2 Å². The van der Waals surface area contributed by atoms with Gasteiger partial charge < -0.3 is 0 Å². The highest BCUT2D eigenvalue weighted by Crippen LogP contribution is 2.24. The Hall–Kier alpha value is -3.61. The Bertz CT molecular complexity index is 1110. The lowest BCUT2D eigenvalue weighted by molar-refractivity contribution is 0.662. The molecule has 0 spiro atoms. The van der Waals surface area contributed by atoms with Gasteiger partial charge in [-0.15, -0.1) is 5.10 Å². The zero-order valence-corrected chi connectivity index (χ0v) is 17.3. The third-order valence-corrected chi connectivity index (χ3v) is 4.82. The van der Waals surface area contributed by atoms with Crippen LogP contribution >= 0.6 is 0 Å². The second kappa shape index (κ2) is 9.26. The normalized spacial score (nSPS) is 11.4. The summed E-state index contributed by atoms with van der Waals surface area (Å²) in [5.74, 6) is 2.48. The third kappa shape index (κ3) is 4.51. The van der Waals surface area contributed by atoms with Gasteiger partial charge in [-0.1, -0.05) is 62.4 Å². The van der Waals surface area contributed by atoms with Gasteiger partial charge in [-0.2, -0.15) is 5.10 Å². The molecule has 1 N–H and O–H groups in total. The fraction of sp³-hybridized carbons (Fsp3) is 0.261. The van der Waals surface area contributed by atoms with Gasteiger partial charge >= 0.3 is 0 Å². The van der Waals surface area contributed by atoms with E-state index < -0.39 is 0 Å². The molecule has 0 saturated carbocycles. The lowest BCUT2D eigenvalue weighted by atomic mass is 10.0. The van der Waals surface area contributed by atoms with E-state index in [1.165, 1.54) is 5.56 Å². The molecule has 2 aromatic heterocycles. The molecule has 0 fully saturated rings. The number of tetrazole rings is 1. The largest absolute Gasteiger partial charge is 0.242 e. The number of aryl methyl sites for hydroxylation is 1. The first-order chi connectivity index (χ1) is 14.8. The fourth-order valence-electron chi connectivity index (χ4n) is 3.30. The van der Waals surface area contributed by atoms with Crippen LogP contribution in [0.15, 0.2) is 54.6 Å². The first kappa shape index (κ1) is 19.7. The summed E-state index contributed by atoms with van der Waals surface area (Å²) >= 11 is 0. The van der Waals surface area contributed by atoms with E-state index in [1.54, 1.807) is 0 Å². The molecule has 152 valence electrons. The quantitative estimate of drug-likeness (QED) is 0.470. The number of allylic oxidation sites excluding steroid dienone is 1. The molecule has 30 heavy (non-hydrogen) atoms. The van der Waals surface area contributed by atoms with E-state index in [1.807, 2.05) is 16.8 Å². The highest BCUT2D eigenvalue weighted by molar-refractivity contribution is 5.70. The third-order valence-electron chi connectivity index (χ3n) is 4.82. The molecule has 0 aliphatic carbocycles. The standard InChI is InChI=1S/C23H25N7/c1-3-5-10-22-24-21(7-4-2)27-30(22)16-17-11-13-18(14-12-17)19-8-6-9-20(15-19)23-25-28-29-26-23/h5-6,8-15H,3-4,7,16H2,1-2H3,(H,25,26,28,29). The van der Waals surface area contributed by atoms with Crippen molar-refractivity contribution >= 4 is 6.08 Å². The molecule has 0 atom stereocenters. The highest BCUT2D eigenvalue weighted by atomic mass is 15.5. The van der Waals surface area contributed by atoms with Gasteiger partial charge in [0.25, 0.3) is 0 Å². The summed E-state index contributed by atoms with van der Waals surface area (Å²) in [4.78, 5) is 4.68. The molecule has 0 aliphatic rings. The van der Waals surface area contributed by atoms with Crippen LogP contribution in [0.3, 0.4) is 0 Å². The minimum atomic E-state index is 0.662. The predicted molar refractivity (Wildman–Crippen MR) is 117 cm³/mol. The maximum atomic E-state index is 4.70. The van der Waals surface area contributed by atoms with E-state index in [-0.39, 0.29) is 0 Å². The molecule has 0 radical (unpaired) electrons. The summed E-state index contributed by atoms with van der Waals surface area (Å²) in [5.41, 5.74) is 4.41. The number of nitrogens with zero attached hydrogens (tertiary/aromatic N) is 6. The average Bonchev–Trinajstić information content (AvgIpc) is 3.44. The number of rotatable bonds is 8. The van der Waals surface area contributed by atoms with Crippen molar-refractivity contribution in [1.29, 1.82) is 0 Å². The van der Waals surface area contributed by atoms with Crippen molar-refractivity contribution in [2.75, 3.05) is 0 Å². The Kier molecular flexibility index (Phi) is 6.08. The lowest BCUT2D eigenvalue weighted by Crippen LogP contribution is -2.04. The number of aromatic amines is 1. The van der Waals surface area contributed by atoms with Gasteiger partial charge in [-0.05, 0) is 52.1 Å². The Labute approximate surface area is 175 Å². The van der Waals surface area contributed by atoms with Gasteiger partial charge in [0.1, 0.15) is 0 Å². The molecular weight excluding hydrogens is 374 g/mol. The number of benzene rings is 2. The molecule has 0 amide bonds. The van der Waals surface area contributed by atoms with E-state index >= 15 is 0 Å². The van der Waals surface area contributed by atoms with Crippen molar-refractivity contribution in [3.05, 3.63) is 71.8 Å². The minimum absolute atomic E-state index is 0.662. The van der Waals surface area contributed by atoms with E-state index in [9.17, 15) is 0 Å². The molecule has 0 unspecified atom stereocenters. The molecule has 7 nitrogen and oxygen atoms in total. The van der Waals surface area contributed by atoms with E-state index in [2.05, 4.69) is 88.0 Å². The van der Waals surface area contributed by atoms with Crippen molar-refractivity contribution < 1.29 is 0 Å². The predicted octanol–water partition coefficient (Wildman–Crippen LogP) is 4.55. The molecule has 2 heterocycles. The number of hydrogen-bond donors (Lipinski definition) is 1. The van der Waals surface area contributed by atoms with E-state index in [4.69, 9.17) is 5.10 Å². The molecule has 0 saturated heterocycles. The summed E-state index contributed by atoms with van der Waals surface area (Å²) in [6, 6.07) is 16.7. The minimum Gasteiger partial charge on any atom is -0.242 e. The molecule has 4 aromatic rings. The van der Waals surface area contributed by atoms with Crippen LogP contribution in [-0.4, -0.2) is 35.4 Å². The number of H-pyrrole nitrogens is 1. The monoisotopic (exact) mass is 399 g/mol. The van der Waals surface area contributed by atoms with Crippen LogP contribution in [0.4, 0.5) is 0 Å². The Morgan fingerprint density at radius 3 is 2.57 bits per heavy atom. The maximum absolute atomic E-state index is 4.70. The molecule has 0 bridgehead atoms. The molecule has 4 rings (SSSR count). The second-order valence-corrected chi connectivity index (χ2v) is 7.13. The molecule has 2 aromatic carbocycles. The van der Waals surface area contributed by atoms with Gasteiger partial charge in [-0.3, -0.25) is 0 Å². The second-order valence-electron chi connectivity index (χ2n) is 7.13. The van der Waals surface area contributed by atoms with Crippen LogP contribution in [0, 0.1) is 0 Å². The van der Waals surface area contributed by atoms with Crippen molar-refractivity contribution in [2.45, 2.75) is 39.7 Å². The highest BCUT2D eigenvalue weighted by Gasteiger charge is 2.09. The first-order valence-corrected chi connectivity index (χ1v) is 10.3. The van der Waals surface area contributed by atoms with Crippen LogP contribution in [0.2, 0.25) is 0 Å². The van der Waals surface area contributed by atoms with Crippen LogP contribution in [-0.2, 0) is 13.0 Å². The van der Waals surface area contributed by atoms with Crippen molar-refractivity contribution in [3.63, 3.8) is 0 Å². The molecule has 0 aliphatic heterocycles. The summed E-state index contributed by atoms with van der Waals surface area (Å²) in [5, 5.41) is 18.8. The van der Waals surface area contributed by atoms with E-state index in [0.717, 1.165) is 47.6 Å². The Morgan fingerprint density at radius 2 is 1.83 bits per heavy atom. The van der Waals surface area contributed by atoms with Gasteiger partial charge in [0.15, 0.2) is 17.5 Å². The van der Waals surface area contributed by atoms with Gasteiger partial charge in [0.2, 0.25) is 0 Å². The van der Waals surface area contributed by atoms with Crippen LogP contribution in [0.1, 0.15) is 43.9 Å². The van der Waals surface area contributed by atoms with E-state index in [0.29, 0.717) is 12.4 Å². The van der Waals surface area contributed by atoms with Crippen molar-refractivity contribution in [3.8, 4) is 22.5 Å². The zero-order chi connectivity index (χ0) is 20.8. The number of aromatic nitrogens is 7. The van der Waals surface area contributed by atoms with Gasteiger partial charge in [0, 0.05) is 12.0 Å². The lowest BCUT2D eigenvalue weighted by Gasteiger charge is -2.07. The zero-order valence-electron chi connectivity index (χ0n) is 17.3. The van der Waals surface area contributed by atoms with Crippen molar-refractivity contribution in [1.82, 2.24) is 35.4 Å². The Balaban J connectivity index is 1.55. The maximum Gasteiger partial charge on any atom is 0.179 e. The van der Waals surface area contributed by atoms with Crippen molar-refractivity contribution in [2.24, 2.45) is 0 Å². The molecule has 7 heteroatoms. The first-order valence-electron chi connectivity index (χ1n) is 10.3. The smallest absolute Gasteiger partial charge is 0.179 e. The summed E-state index contributed by atoms with van der Waals surface area (Å²) < 4.78 is 1.99. The summed E-state index contributed by atoms with van der Waals surface area (Å²) in [7, 11) is 0. The van der Waals surface area contributed by atoms with Crippen LogP contribution in [0.5, 0.6) is 0 Å². The summed E-state index contributed by atoms with van der Waals surface area (Å²) in [6.07, 6.45) is 7.10. The number of nitrogens with one attached hydrogen (secondary N) is 1. The van der Waals surface area contributed by atoms with Gasteiger partial charge in [0.05, 0.1) is 6.54 Å². The number of hydrogen-bond acceptors (Lipinski definition) is 5. The fourth-order valence-corrected chi connectivity index (χ4v) is 3.30. The van der Waals surface area contributed by atoms with Crippen LogP contribution in [0.25, 0.3) is 28.6 Å².